The van der Waals surface area contributed by atoms with E-state index in [0.29, 0.717) is 30.6 Å². The minimum absolute atomic E-state index is 0.195. The van der Waals surface area contributed by atoms with E-state index in [0.717, 1.165) is 37.8 Å². The molecule has 0 aliphatic carbocycles. The van der Waals surface area contributed by atoms with Crippen LogP contribution >= 0.6 is 11.3 Å². The second kappa shape index (κ2) is 12.7. The molecule has 8 heteroatoms. The van der Waals surface area contributed by atoms with Crippen molar-refractivity contribution in [1.29, 1.82) is 0 Å². The fourth-order valence-corrected chi connectivity index (χ4v) is 5.98. The highest BCUT2D eigenvalue weighted by Gasteiger charge is 2.29. The molecule has 0 amide bonds. The normalized spacial score (nSPS) is 20.5. The summed E-state index contributed by atoms with van der Waals surface area (Å²) in [5, 5.41) is 21.2. The van der Waals surface area contributed by atoms with Crippen molar-refractivity contribution in [1.82, 2.24) is 9.91 Å². The number of hydrogen-bond acceptors (Lipinski definition) is 7. The van der Waals surface area contributed by atoms with Gasteiger partial charge in [-0.2, -0.15) is 0 Å². The Kier molecular flexibility index (Phi) is 9.91. The number of nitrogens with zero attached hydrogens (tertiary/aromatic N) is 2. The van der Waals surface area contributed by atoms with Gasteiger partial charge in [-0.05, 0) is 68.0 Å². The van der Waals surface area contributed by atoms with Crippen LogP contribution in [0.4, 0.5) is 4.39 Å². The van der Waals surface area contributed by atoms with Gasteiger partial charge in [-0.25, -0.2) is 10.2 Å². The molecule has 34 heavy (non-hydrogen) atoms. The van der Waals surface area contributed by atoms with E-state index >= 15 is 0 Å². The van der Waals surface area contributed by atoms with E-state index in [-0.39, 0.29) is 19.0 Å². The molecule has 1 saturated heterocycles. The van der Waals surface area contributed by atoms with Crippen LogP contribution in [0.5, 0.6) is 0 Å². The summed E-state index contributed by atoms with van der Waals surface area (Å²) in [7, 11) is 0. The summed E-state index contributed by atoms with van der Waals surface area (Å²) >= 11 is 1.84. The molecular formula is C26H39FN4O2S. The third kappa shape index (κ3) is 7.52. The van der Waals surface area contributed by atoms with E-state index in [1.165, 1.54) is 32.5 Å². The van der Waals surface area contributed by atoms with Crippen LogP contribution in [0.1, 0.15) is 53.5 Å². The highest BCUT2D eigenvalue weighted by atomic mass is 32.1. The Morgan fingerprint density at radius 1 is 1.35 bits per heavy atom. The summed E-state index contributed by atoms with van der Waals surface area (Å²) < 4.78 is 13.0. The number of piperidine rings is 1. The van der Waals surface area contributed by atoms with Gasteiger partial charge >= 0.3 is 0 Å². The minimum Gasteiger partial charge on any atom is -0.400 e. The van der Waals surface area contributed by atoms with E-state index in [1.807, 2.05) is 11.3 Å². The van der Waals surface area contributed by atoms with E-state index in [2.05, 4.69) is 24.8 Å². The third-order valence-corrected chi connectivity index (χ3v) is 7.91. The average molecular weight is 491 g/mol. The second-order valence-electron chi connectivity index (χ2n) is 9.34. The SMILES string of the molecule is CCc1cc(C2CCN(C/C(N)=C/N(N)CC(O)Cc3ccc(F)cc3)C(C)C2)c(CCO)s1. The molecule has 2 aromatic rings. The van der Waals surface area contributed by atoms with Crippen LogP contribution in [0.15, 0.2) is 42.2 Å². The van der Waals surface area contributed by atoms with Gasteiger partial charge < -0.3 is 21.0 Å². The summed E-state index contributed by atoms with van der Waals surface area (Å²) in [6, 6.07) is 8.84. The number of aliphatic hydroxyl groups excluding tert-OH is 2. The molecule has 1 fully saturated rings. The van der Waals surface area contributed by atoms with Gasteiger partial charge in [-0.1, -0.05) is 19.1 Å². The molecule has 1 aromatic carbocycles. The maximum atomic E-state index is 13.0. The van der Waals surface area contributed by atoms with Gasteiger partial charge in [0.1, 0.15) is 5.82 Å². The molecule has 0 radical (unpaired) electrons. The van der Waals surface area contributed by atoms with Gasteiger partial charge in [0.05, 0.1) is 12.6 Å². The lowest BCUT2D eigenvalue weighted by Crippen LogP contribution is -2.43. The molecule has 1 aromatic heterocycles. The first-order valence-corrected chi connectivity index (χ1v) is 13.0. The zero-order valence-corrected chi connectivity index (χ0v) is 21.1. The summed E-state index contributed by atoms with van der Waals surface area (Å²) in [6.45, 7) is 6.44. The average Bonchev–Trinajstić information content (AvgIpc) is 3.20. The van der Waals surface area contributed by atoms with E-state index in [4.69, 9.17) is 11.6 Å². The Balaban J connectivity index is 1.51. The highest BCUT2D eigenvalue weighted by molar-refractivity contribution is 7.12. The van der Waals surface area contributed by atoms with Crippen molar-refractivity contribution in [3.05, 3.63) is 68.9 Å². The third-order valence-electron chi connectivity index (χ3n) is 6.56. The van der Waals surface area contributed by atoms with Crippen molar-refractivity contribution in [2.75, 3.05) is 26.2 Å². The fourth-order valence-electron chi connectivity index (χ4n) is 4.80. The predicted octanol–water partition coefficient (Wildman–Crippen LogP) is 3.13. The van der Waals surface area contributed by atoms with Crippen LogP contribution < -0.4 is 11.6 Å². The van der Waals surface area contributed by atoms with Crippen molar-refractivity contribution in [2.24, 2.45) is 11.6 Å². The minimum atomic E-state index is -0.680. The Morgan fingerprint density at radius 2 is 2.09 bits per heavy atom. The Morgan fingerprint density at radius 3 is 2.74 bits per heavy atom. The first kappa shape index (κ1) is 26.6. The van der Waals surface area contributed by atoms with Crippen LogP contribution in [-0.4, -0.2) is 58.5 Å². The molecule has 3 unspecified atom stereocenters. The van der Waals surface area contributed by atoms with Gasteiger partial charge in [-0.15, -0.1) is 11.3 Å². The Hall–Kier alpha value is -1.97. The standard InChI is InChI=1S/C26H39FN4O2S/c1-3-24-14-25(26(34-24)9-11-32)20-8-10-30(18(2)12-20)15-22(28)16-31(29)17-23(33)13-19-4-6-21(27)7-5-19/h4-7,14,16,18,20,23,32-33H,3,8-13,15,17,28-29H2,1-2H3/b22-16-. The molecule has 2 heterocycles. The maximum absolute atomic E-state index is 13.0. The zero-order valence-electron chi connectivity index (χ0n) is 20.3. The van der Waals surface area contributed by atoms with Crippen molar-refractivity contribution in [3.63, 3.8) is 0 Å². The van der Waals surface area contributed by atoms with E-state index in [9.17, 15) is 14.6 Å². The van der Waals surface area contributed by atoms with E-state index < -0.39 is 6.10 Å². The van der Waals surface area contributed by atoms with Crippen molar-refractivity contribution in [2.45, 2.75) is 64.0 Å². The quantitative estimate of drug-likeness (QED) is 0.285. The van der Waals surface area contributed by atoms with Gasteiger partial charge in [0.15, 0.2) is 0 Å². The van der Waals surface area contributed by atoms with Crippen LogP contribution in [0, 0.1) is 5.82 Å². The van der Waals surface area contributed by atoms with Crippen molar-refractivity contribution < 1.29 is 14.6 Å². The van der Waals surface area contributed by atoms with Gasteiger partial charge in [0.25, 0.3) is 0 Å². The molecule has 6 N–H and O–H groups in total. The number of aliphatic hydroxyl groups is 2. The number of rotatable bonds is 11. The molecular weight excluding hydrogens is 451 g/mol. The molecule has 0 spiro atoms. The molecule has 3 atom stereocenters. The smallest absolute Gasteiger partial charge is 0.123 e. The number of hydrogen-bond donors (Lipinski definition) is 4. The lowest BCUT2D eigenvalue weighted by Gasteiger charge is -2.38. The van der Waals surface area contributed by atoms with Gasteiger partial charge in [0, 0.05) is 53.7 Å². The second-order valence-corrected chi connectivity index (χ2v) is 10.6. The van der Waals surface area contributed by atoms with Crippen LogP contribution in [0.2, 0.25) is 0 Å². The molecule has 1 aliphatic rings. The molecule has 0 bridgehead atoms. The number of nitrogens with two attached hydrogens (primary N) is 2. The Labute approximate surface area is 206 Å². The summed E-state index contributed by atoms with van der Waals surface area (Å²) in [5.74, 6) is 6.29. The van der Waals surface area contributed by atoms with Crippen molar-refractivity contribution >= 4 is 11.3 Å². The topological polar surface area (TPSA) is 99.0 Å². The highest BCUT2D eigenvalue weighted by Crippen LogP contribution is 2.37. The molecule has 6 nitrogen and oxygen atoms in total. The number of halogens is 1. The molecule has 188 valence electrons. The summed E-state index contributed by atoms with van der Waals surface area (Å²) in [4.78, 5) is 5.11. The monoisotopic (exact) mass is 490 g/mol. The van der Waals surface area contributed by atoms with E-state index in [1.54, 1.807) is 18.3 Å². The summed E-state index contributed by atoms with van der Waals surface area (Å²) in [6.07, 6.45) is 5.32. The lowest BCUT2D eigenvalue weighted by atomic mass is 9.85. The predicted molar refractivity (Wildman–Crippen MR) is 137 cm³/mol. The van der Waals surface area contributed by atoms with Crippen LogP contribution in [-0.2, 0) is 19.3 Å². The summed E-state index contributed by atoms with van der Waals surface area (Å²) in [5.41, 5.74) is 9.23. The molecule has 3 rings (SSSR count). The lowest BCUT2D eigenvalue weighted by molar-refractivity contribution is 0.133. The van der Waals surface area contributed by atoms with Crippen LogP contribution in [0.3, 0.4) is 0 Å². The zero-order chi connectivity index (χ0) is 24.7. The maximum Gasteiger partial charge on any atom is 0.123 e. The van der Waals surface area contributed by atoms with Crippen molar-refractivity contribution in [3.8, 4) is 0 Å². The largest absolute Gasteiger partial charge is 0.400 e. The van der Waals surface area contributed by atoms with Crippen LogP contribution in [0.25, 0.3) is 0 Å². The number of benzene rings is 1. The first-order chi connectivity index (χ1) is 16.3. The Bertz CT molecular complexity index is 933. The number of likely N-dealkylation sites (tertiary alicyclic amines) is 1. The number of aryl methyl sites for hydroxylation is 1. The fraction of sp³-hybridized carbons (Fsp3) is 0.538. The molecule has 0 saturated carbocycles. The number of hydrazine groups is 1. The van der Waals surface area contributed by atoms with Gasteiger partial charge in [0.2, 0.25) is 0 Å². The molecule has 1 aliphatic heterocycles. The first-order valence-electron chi connectivity index (χ1n) is 12.1. The van der Waals surface area contributed by atoms with Gasteiger partial charge in [-0.3, -0.25) is 4.90 Å². The number of thiophene rings is 1.